The smallest absolute Gasteiger partial charge is 0.323 e. The first-order valence-electron chi connectivity index (χ1n) is 5.18. The van der Waals surface area contributed by atoms with E-state index in [1.54, 1.807) is 6.92 Å². The molecule has 5 heteroatoms. The predicted molar refractivity (Wildman–Crippen MR) is 51.4 cm³/mol. The van der Waals surface area contributed by atoms with E-state index in [2.05, 4.69) is 0 Å². The van der Waals surface area contributed by atoms with Crippen LogP contribution in [0.25, 0.3) is 0 Å². The third-order valence-electron chi connectivity index (χ3n) is 2.98. The second-order valence-corrected chi connectivity index (χ2v) is 4.14. The van der Waals surface area contributed by atoms with E-state index in [9.17, 15) is 13.6 Å². The van der Waals surface area contributed by atoms with Crippen molar-refractivity contribution in [2.24, 2.45) is 17.6 Å². The van der Waals surface area contributed by atoms with Crippen molar-refractivity contribution >= 4 is 5.97 Å². The van der Waals surface area contributed by atoms with Crippen LogP contribution in [-0.2, 0) is 9.53 Å². The summed E-state index contributed by atoms with van der Waals surface area (Å²) in [5, 5.41) is 0. The van der Waals surface area contributed by atoms with E-state index < -0.39 is 29.8 Å². The summed E-state index contributed by atoms with van der Waals surface area (Å²) >= 11 is 0. The molecule has 3 nitrogen and oxygen atoms in total. The fourth-order valence-corrected chi connectivity index (χ4v) is 1.97. The van der Waals surface area contributed by atoms with Crippen molar-refractivity contribution < 1.29 is 18.3 Å². The topological polar surface area (TPSA) is 52.3 Å². The number of alkyl halides is 2. The first-order valence-corrected chi connectivity index (χ1v) is 5.18. The highest BCUT2D eigenvalue weighted by Crippen LogP contribution is 2.44. The van der Waals surface area contributed by atoms with Gasteiger partial charge in [-0.05, 0) is 19.3 Å². The number of hydrogen-bond donors (Lipinski definition) is 1. The highest BCUT2D eigenvalue weighted by molar-refractivity contribution is 5.75. The molecule has 1 aliphatic carbocycles. The van der Waals surface area contributed by atoms with Gasteiger partial charge in [0.05, 0.1) is 6.61 Å². The number of nitrogens with two attached hydrogens (primary N) is 1. The molecular weight excluding hydrogens is 204 g/mol. The average molecular weight is 221 g/mol. The number of ether oxygens (including phenoxy) is 1. The zero-order valence-corrected chi connectivity index (χ0v) is 9.00. The predicted octanol–water partition coefficient (Wildman–Crippen LogP) is 1.56. The fourth-order valence-electron chi connectivity index (χ4n) is 1.97. The second kappa shape index (κ2) is 4.43. The Hall–Kier alpha value is -0.710. The maximum absolute atomic E-state index is 13.2. The molecule has 3 unspecified atom stereocenters. The molecule has 0 heterocycles. The van der Waals surface area contributed by atoms with Crippen LogP contribution in [0.5, 0.6) is 0 Å². The Labute approximate surface area is 88.0 Å². The van der Waals surface area contributed by atoms with Crippen molar-refractivity contribution in [2.75, 3.05) is 6.61 Å². The summed E-state index contributed by atoms with van der Waals surface area (Å²) in [7, 11) is 0. The Morgan fingerprint density at radius 1 is 1.67 bits per heavy atom. The lowest BCUT2D eigenvalue weighted by Gasteiger charge is -2.17. The van der Waals surface area contributed by atoms with Crippen molar-refractivity contribution in [3.8, 4) is 0 Å². The Balaban J connectivity index is 2.56. The summed E-state index contributed by atoms with van der Waals surface area (Å²) in [6.07, 6.45) is -0.0267. The van der Waals surface area contributed by atoms with Gasteiger partial charge in [-0.15, -0.1) is 0 Å². The second-order valence-electron chi connectivity index (χ2n) is 4.14. The van der Waals surface area contributed by atoms with E-state index in [4.69, 9.17) is 10.5 Å². The molecule has 1 rings (SSSR count). The maximum atomic E-state index is 13.2. The van der Waals surface area contributed by atoms with Gasteiger partial charge in [-0.2, -0.15) is 0 Å². The molecule has 0 radical (unpaired) electrons. The molecule has 1 fully saturated rings. The van der Waals surface area contributed by atoms with E-state index in [-0.39, 0.29) is 19.4 Å². The van der Waals surface area contributed by atoms with Crippen LogP contribution < -0.4 is 5.73 Å². The molecule has 1 aliphatic rings. The molecule has 3 atom stereocenters. The quantitative estimate of drug-likeness (QED) is 0.736. The minimum Gasteiger partial charge on any atom is -0.465 e. The molecular formula is C10H17F2NO2. The zero-order valence-electron chi connectivity index (χ0n) is 9.00. The van der Waals surface area contributed by atoms with E-state index in [0.717, 1.165) is 0 Å². The zero-order chi connectivity index (χ0) is 11.6. The number of carbonyl (C=O) groups is 1. The molecule has 0 aliphatic heterocycles. The van der Waals surface area contributed by atoms with Gasteiger partial charge < -0.3 is 10.5 Å². The first-order chi connectivity index (χ1) is 6.88. The normalized spacial score (nSPS) is 31.3. The molecule has 0 aromatic carbocycles. The molecule has 1 saturated carbocycles. The number of rotatable bonds is 3. The van der Waals surface area contributed by atoms with Crippen LogP contribution in [0.1, 0.15) is 26.7 Å². The Kier molecular flexibility index (Phi) is 3.65. The van der Waals surface area contributed by atoms with Crippen LogP contribution in [0.4, 0.5) is 8.78 Å². The summed E-state index contributed by atoms with van der Waals surface area (Å²) in [5.74, 6) is -4.45. The molecule has 0 aromatic rings. The van der Waals surface area contributed by atoms with Crippen LogP contribution in [0, 0.1) is 11.8 Å². The minimum atomic E-state index is -2.70. The lowest BCUT2D eigenvalue weighted by molar-refractivity contribution is -0.146. The molecule has 0 saturated heterocycles. The van der Waals surface area contributed by atoms with Crippen molar-refractivity contribution in [1.29, 1.82) is 0 Å². The average Bonchev–Trinajstić information content (AvgIpc) is 2.40. The van der Waals surface area contributed by atoms with Crippen LogP contribution >= 0.6 is 0 Å². The van der Waals surface area contributed by atoms with Gasteiger partial charge in [0.2, 0.25) is 0 Å². The van der Waals surface area contributed by atoms with Gasteiger partial charge in [0.15, 0.2) is 0 Å². The van der Waals surface area contributed by atoms with E-state index >= 15 is 0 Å². The van der Waals surface area contributed by atoms with Gasteiger partial charge in [-0.3, -0.25) is 4.79 Å². The minimum absolute atomic E-state index is 0.227. The van der Waals surface area contributed by atoms with Crippen molar-refractivity contribution in [2.45, 2.75) is 38.7 Å². The van der Waals surface area contributed by atoms with Gasteiger partial charge in [0.25, 0.3) is 5.92 Å². The summed E-state index contributed by atoms with van der Waals surface area (Å²) < 4.78 is 31.1. The largest absolute Gasteiger partial charge is 0.465 e. The van der Waals surface area contributed by atoms with Gasteiger partial charge in [-0.25, -0.2) is 8.78 Å². The summed E-state index contributed by atoms with van der Waals surface area (Å²) in [6.45, 7) is 3.37. The highest BCUT2D eigenvalue weighted by atomic mass is 19.3. The van der Waals surface area contributed by atoms with Crippen LogP contribution in [0.15, 0.2) is 0 Å². The van der Waals surface area contributed by atoms with Crippen molar-refractivity contribution in [3.05, 3.63) is 0 Å². The number of esters is 1. The summed E-state index contributed by atoms with van der Waals surface area (Å²) in [6, 6.07) is -0.916. The third kappa shape index (κ3) is 2.65. The highest BCUT2D eigenvalue weighted by Gasteiger charge is 2.49. The first kappa shape index (κ1) is 12.4. The molecule has 0 spiro atoms. The lowest BCUT2D eigenvalue weighted by Crippen LogP contribution is -2.39. The lowest BCUT2D eigenvalue weighted by atomic mass is 9.98. The van der Waals surface area contributed by atoms with Gasteiger partial charge >= 0.3 is 5.97 Å². The SMILES string of the molecule is CCOC(=O)C(N)C1CC(C)C(F)(F)C1. The van der Waals surface area contributed by atoms with Crippen LogP contribution in [0.2, 0.25) is 0 Å². The van der Waals surface area contributed by atoms with E-state index in [0.29, 0.717) is 0 Å². The Bertz CT molecular complexity index is 246. The standard InChI is InChI=1S/C10H17F2NO2/c1-3-15-9(14)8(13)7-4-6(2)10(11,12)5-7/h6-8H,3-5,13H2,1-2H3. The fraction of sp³-hybridized carbons (Fsp3) is 0.900. The molecule has 15 heavy (non-hydrogen) atoms. The molecule has 0 bridgehead atoms. The monoisotopic (exact) mass is 221 g/mol. The Morgan fingerprint density at radius 3 is 2.67 bits per heavy atom. The number of carbonyl (C=O) groups excluding carboxylic acids is 1. The molecule has 0 aromatic heterocycles. The molecule has 88 valence electrons. The Morgan fingerprint density at radius 2 is 2.27 bits per heavy atom. The van der Waals surface area contributed by atoms with Gasteiger partial charge in [-0.1, -0.05) is 6.92 Å². The maximum Gasteiger partial charge on any atom is 0.323 e. The van der Waals surface area contributed by atoms with Crippen LogP contribution in [0.3, 0.4) is 0 Å². The third-order valence-corrected chi connectivity index (χ3v) is 2.98. The van der Waals surface area contributed by atoms with Gasteiger partial charge in [0, 0.05) is 12.3 Å². The summed E-state index contributed by atoms with van der Waals surface area (Å²) in [4.78, 5) is 11.3. The number of hydrogen-bond acceptors (Lipinski definition) is 3. The molecule has 0 amide bonds. The van der Waals surface area contributed by atoms with Gasteiger partial charge in [0.1, 0.15) is 6.04 Å². The van der Waals surface area contributed by atoms with E-state index in [1.807, 2.05) is 0 Å². The van der Waals surface area contributed by atoms with E-state index in [1.165, 1.54) is 6.92 Å². The van der Waals surface area contributed by atoms with Crippen molar-refractivity contribution in [3.63, 3.8) is 0 Å². The summed E-state index contributed by atoms with van der Waals surface area (Å²) in [5.41, 5.74) is 5.58. The van der Waals surface area contributed by atoms with Crippen molar-refractivity contribution in [1.82, 2.24) is 0 Å². The van der Waals surface area contributed by atoms with Crippen LogP contribution in [-0.4, -0.2) is 24.5 Å². The molecule has 2 N–H and O–H groups in total. The number of halogens is 2.